The largest absolute Gasteiger partial charge is 0.462 e. The van der Waals surface area contributed by atoms with Crippen LogP contribution in [-0.2, 0) is 17.5 Å². The first-order valence-corrected chi connectivity index (χ1v) is 10.7. The van der Waals surface area contributed by atoms with E-state index in [1.165, 1.54) is 23.9 Å². The van der Waals surface area contributed by atoms with Crippen molar-refractivity contribution in [2.24, 2.45) is 0 Å². The molecule has 2 aromatic carbocycles. The smallest absolute Gasteiger partial charge is 0.416 e. The first-order chi connectivity index (χ1) is 15.2. The minimum absolute atomic E-state index is 0.00739. The molecule has 0 radical (unpaired) electrons. The van der Waals surface area contributed by atoms with Crippen molar-refractivity contribution in [2.45, 2.75) is 24.5 Å². The van der Waals surface area contributed by atoms with Crippen LogP contribution in [-0.4, -0.2) is 28.0 Å². The molecular formula is C22H19F3N2O4S. The molecule has 1 heterocycles. The van der Waals surface area contributed by atoms with E-state index in [1.54, 1.807) is 31.2 Å². The van der Waals surface area contributed by atoms with Gasteiger partial charge in [0.15, 0.2) is 0 Å². The van der Waals surface area contributed by atoms with Crippen LogP contribution >= 0.6 is 11.8 Å². The number of thioether (sulfide) groups is 1. The molecular weight excluding hydrogens is 445 g/mol. The van der Waals surface area contributed by atoms with Gasteiger partial charge in [0.1, 0.15) is 5.56 Å². The summed E-state index contributed by atoms with van der Waals surface area (Å²) in [6.45, 7) is 1.13. The lowest BCUT2D eigenvalue weighted by Crippen LogP contribution is -2.42. The van der Waals surface area contributed by atoms with E-state index in [0.29, 0.717) is 5.69 Å². The average Bonchev–Trinajstić information content (AvgIpc) is 2.76. The van der Waals surface area contributed by atoms with Crippen LogP contribution < -0.4 is 11.2 Å². The van der Waals surface area contributed by atoms with Gasteiger partial charge in [-0.15, -0.1) is 11.8 Å². The van der Waals surface area contributed by atoms with Crippen LogP contribution in [0.15, 0.2) is 69.2 Å². The molecule has 0 saturated carbocycles. The second kappa shape index (κ2) is 9.47. The molecule has 0 unspecified atom stereocenters. The van der Waals surface area contributed by atoms with Gasteiger partial charge in [-0.1, -0.05) is 12.1 Å². The monoisotopic (exact) mass is 464 g/mol. The van der Waals surface area contributed by atoms with Gasteiger partial charge in [0.2, 0.25) is 0 Å². The summed E-state index contributed by atoms with van der Waals surface area (Å²) in [5.74, 6) is -0.926. The van der Waals surface area contributed by atoms with Gasteiger partial charge >= 0.3 is 17.8 Å². The summed E-state index contributed by atoms with van der Waals surface area (Å²) in [7, 11) is 0. The Morgan fingerprint density at radius 2 is 1.78 bits per heavy atom. The standard InChI is InChI=1S/C22H19F3N2O4S/c1-3-31-20(29)18-13-26(16-7-9-17(32-2)10-8-16)21(30)27(19(18)28)12-14-5-4-6-15(11-14)22(23,24)25/h4-11,13H,3,12H2,1-2H3. The highest BCUT2D eigenvalue weighted by molar-refractivity contribution is 7.98. The topological polar surface area (TPSA) is 70.3 Å². The highest BCUT2D eigenvalue weighted by Gasteiger charge is 2.30. The SMILES string of the molecule is CCOC(=O)c1cn(-c2ccc(SC)cc2)c(=O)n(Cc2cccc(C(F)(F)F)c2)c1=O. The summed E-state index contributed by atoms with van der Waals surface area (Å²) < 4.78 is 46.0. The van der Waals surface area contributed by atoms with E-state index < -0.39 is 41.1 Å². The summed E-state index contributed by atoms with van der Waals surface area (Å²) in [5, 5.41) is 0. The molecule has 0 saturated heterocycles. The molecule has 10 heteroatoms. The third-order valence-corrected chi connectivity index (χ3v) is 5.36. The Morgan fingerprint density at radius 1 is 1.09 bits per heavy atom. The normalized spacial score (nSPS) is 11.4. The lowest BCUT2D eigenvalue weighted by Gasteiger charge is -2.14. The number of rotatable bonds is 6. The fourth-order valence-corrected chi connectivity index (χ4v) is 3.45. The molecule has 0 spiro atoms. The Bertz CT molecular complexity index is 1250. The predicted octanol–water partition coefficient (Wildman–Crippen LogP) is 3.96. The molecule has 32 heavy (non-hydrogen) atoms. The molecule has 3 rings (SSSR count). The van der Waals surface area contributed by atoms with Gasteiger partial charge in [-0.2, -0.15) is 13.2 Å². The minimum atomic E-state index is -4.58. The number of nitrogens with zero attached hydrogens (tertiary/aromatic N) is 2. The molecule has 0 bridgehead atoms. The fourth-order valence-electron chi connectivity index (χ4n) is 3.05. The third kappa shape index (κ3) is 4.96. The number of hydrogen-bond acceptors (Lipinski definition) is 5. The Hall–Kier alpha value is -3.27. The van der Waals surface area contributed by atoms with E-state index in [2.05, 4.69) is 0 Å². The van der Waals surface area contributed by atoms with Crippen molar-refractivity contribution in [1.82, 2.24) is 9.13 Å². The number of benzene rings is 2. The molecule has 1 aromatic heterocycles. The van der Waals surface area contributed by atoms with Gasteiger partial charge in [0.05, 0.1) is 24.4 Å². The highest BCUT2D eigenvalue weighted by atomic mass is 32.2. The molecule has 0 amide bonds. The Kier molecular flexibility index (Phi) is 6.93. The minimum Gasteiger partial charge on any atom is -0.462 e. The van der Waals surface area contributed by atoms with Crippen molar-refractivity contribution >= 4 is 17.7 Å². The molecule has 0 aliphatic heterocycles. The number of ether oxygens (including phenoxy) is 1. The van der Waals surface area contributed by atoms with Crippen molar-refractivity contribution in [3.8, 4) is 5.69 Å². The van der Waals surface area contributed by atoms with Gasteiger partial charge < -0.3 is 4.74 Å². The van der Waals surface area contributed by atoms with Crippen molar-refractivity contribution in [3.05, 3.63) is 92.3 Å². The van der Waals surface area contributed by atoms with Crippen LogP contribution in [0.2, 0.25) is 0 Å². The van der Waals surface area contributed by atoms with Crippen LogP contribution in [0.3, 0.4) is 0 Å². The van der Waals surface area contributed by atoms with Crippen molar-refractivity contribution in [2.75, 3.05) is 12.9 Å². The number of alkyl halides is 3. The second-order valence-corrected chi connectivity index (χ2v) is 7.58. The van der Waals surface area contributed by atoms with E-state index in [0.717, 1.165) is 32.4 Å². The third-order valence-electron chi connectivity index (χ3n) is 4.61. The molecule has 0 aliphatic rings. The average molecular weight is 464 g/mol. The van der Waals surface area contributed by atoms with E-state index in [9.17, 15) is 27.6 Å². The molecule has 0 atom stereocenters. The van der Waals surface area contributed by atoms with Gasteiger partial charge in [0.25, 0.3) is 5.56 Å². The number of hydrogen-bond donors (Lipinski definition) is 0. The van der Waals surface area contributed by atoms with Gasteiger partial charge in [-0.05, 0) is 55.1 Å². The predicted molar refractivity (Wildman–Crippen MR) is 115 cm³/mol. The summed E-state index contributed by atoms with van der Waals surface area (Å²) in [4.78, 5) is 39.3. The zero-order valence-electron chi connectivity index (χ0n) is 17.2. The summed E-state index contributed by atoms with van der Waals surface area (Å²) in [5.41, 5.74) is -2.56. The summed E-state index contributed by atoms with van der Waals surface area (Å²) in [6.07, 6.45) is -1.60. The van der Waals surface area contributed by atoms with Crippen LogP contribution in [0.25, 0.3) is 5.69 Å². The van der Waals surface area contributed by atoms with Crippen molar-refractivity contribution in [1.29, 1.82) is 0 Å². The summed E-state index contributed by atoms with van der Waals surface area (Å²) >= 11 is 1.49. The summed E-state index contributed by atoms with van der Waals surface area (Å²) in [6, 6.07) is 11.1. The Morgan fingerprint density at radius 3 is 2.38 bits per heavy atom. The number of esters is 1. The number of carbonyl (C=O) groups is 1. The van der Waals surface area contributed by atoms with Crippen molar-refractivity contribution < 1.29 is 22.7 Å². The van der Waals surface area contributed by atoms with Crippen LogP contribution in [0.5, 0.6) is 0 Å². The maximum atomic E-state index is 13.1. The second-order valence-electron chi connectivity index (χ2n) is 6.70. The van der Waals surface area contributed by atoms with Gasteiger partial charge in [-0.25, -0.2) is 9.59 Å². The lowest BCUT2D eigenvalue weighted by molar-refractivity contribution is -0.137. The lowest BCUT2D eigenvalue weighted by atomic mass is 10.1. The van der Waals surface area contributed by atoms with Gasteiger partial charge in [0, 0.05) is 11.1 Å². The van der Waals surface area contributed by atoms with Gasteiger partial charge in [-0.3, -0.25) is 13.9 Å². The molecule has 3 aromatic rings. The number of carbonyl (C=O) groups excluding carboxylic acids is 1. The Balaban J connectivity index is 2.18. The van der Waals surface area contributed by atoms with E-state index in [1.807, 2.05) is 6.26 Å². The van der Waals surface area contributed by atoms with E-state index >= 15 is 0 Å². The quantitative estimate of drug-likeness (QED) is 0.408. The first kappa shape index (κ1) is 23.4. The number of aromatic nitrogens is 2. The molecule has 6 nitrogen and oxygen atoms in total. The van der Waals surface area contributed by atoms with Crippen molar-refractivity contribution in [3.63, 3.8) is 0 Å². The maximum Gasteiger partial charge on any atom is 0.416 e. The van der Waals surface area contributed by atoms with E-state index in [4.69, 9.17) is 4.74 Å². The molecule has 168 valence electrons. The number of halogens is 3. The maximum absolute atomic E-state index is 13.1. The first-order valence-electron chi connectivity index (χ1n) is 9.50. The zero-order valence-corrected chi connectivity index (χ0v) is 18.0. The van der Waals surface area contributed by atoms with Crippen LogP contribution in [0, 0.1) is 0 Å². The van der Waals surface area contributed by atoms with Crippen LogP contribution in [0.4, 0.5) is 13.2 Å². The fraction of sp³-hybridized carbons (Fsp3) is 0.227. The molecule has 0 fully saturated rings. The van der Waals surface area contributed by atoms with E-state index in [-0.39, 0.29) is 12.2 Å². The Labute approximate surface area is 185 Å². The zero-order chi connectivity index (χ0) is 23.5. The van der Waals surface area contributed by atoms with Crippen LogP contribution in [0.1, 0.15) is 28.4 Å². The highest BCUT2D eigenvalue weighted by Crippen LogP contribution is 2.29. The molecule has 0 aliphatic carbocycles. The molecule has 0 N–H and O–H groups in total.